The van der Waals surface area contributed by atoms with Crippen LogP contribution in [0.2, 0.25) is 0 Å². The van der Waals surface area contributed by atoms with Gasteiger partial charge in [0.05, 0.1) is 0 Å². The summed E-state index contributed by atoms with van der Waals surface area (Å²) in [7, 11) is 0. The Hall–Kier alpha value is -0.250. The van der Waals surface area contributed by atoms with Gasteiger partial charge in [-0.2, -0.15) is 0 Å². The predicted molar refractivity (Wildman–Crippen MR) is 96.8 cm³/mol. The third-order valence-electron chi connectivity index (χ3n) is 3.69. The first-order chi connectivity index (χ1) is 8.80. The number of halogens is 1. The Morgan fingerprint density at radius 1 is 0.737 bits per heavy atom. The molecule has 1 fully saturated rings. The molecule has 2 aliphatic rings. The summed E-state index contributed by atoms with van der Waals surface area (Å²) in [5, 5.41) is 3.13. The van der Waals surface area contributed by atoms with Crippen molar-refractivity contribution in [3.05, 3.63) is 35.7 Å². The largest absolute Gasteiger partial charge is 0.365 e. The molecular formula is C17H30IN. The highest BCUT2D eigenvalue weighted by Crippen LogP contribution is 2.15. The average molecular weight is 375 g/mol. The topological polar surface area (TPSA) is 12.0 Å². The molecule has 1 aliphatic carbocycles. The summed E-state index contributed by atoms with van der Waals surface area (Å²) in [6, 6.07) is 0. The summed E-state index contributed by atoms with van der Waals surface area (Å²) in [6.07, 6.45) is 21.5. The van der Waals surface area contributed by atoms with Crippen LogP contribution in [0.3, 0.4) is 0 Å². The lowest BCUT2D eigenvalue weighted by Crippen LogP contribution is -2.00. The molecular weight excluding hydrogens is 345 g/mol. The lowest BCUT2D eigenvalue weighted by molar-refractivity contribution is 0.624. The summed E-state index contributed by atoms with van der Waals surface area (Å²) in [5.41, 5.74) is 2.51. The zero-order valence-corrected chi connectivity index (χ0v) is 14.9. The van der Waals surface area contributed by atoms with Gasteiger partial charge in [0, 0.05) is 11.9 Å². The van der Waals surface area contributed by atoms with E-state index in [0.717, 1.165) is 0 Å². The molecule has 2 heteroatoms. The van der Waals surface area contributed by atoms with E-state index >= 15 is 0 Å². The molecule has 1 N–H and O–H groups in total. The van der Waals surface area contributed by atoms with Gasteiger partial charge < -0.3 is 5.32 Å². The van der Waals surface area contributed by atoms with E-state index in [1.807, 2.05) is 18.4 Å². The molecule has 0 aromatic rings. The van der Waals surface area contributed by atoms with Gasteiger partial charge >= 0.3 is 0 Å². The first-order valence-electron chi connectivity index (χ1n) is 7.58. The normalized spacial score (nSPS) is 19.7. The number of rotatable bonds is 0. The molecule has 0 saturated heterocycles. The van der Waals surface area contributed by atoms with Crippen LogP contribution in [0.4, 0.5) is 0 Å². The molecule has 0 radical (unpaired) electrons. The van der Waals surface area contributed by atoms with Gasteiger partial charge in [0.1, 0.15) is 0 Å². The summed E-state index contributed by atoms with van der Waals surface area (Å²) >= 11 is 0. The summed E-state index contributed by atoms with van der Waals surface area (Å²) < 4.78 is 0. The van der Waals surface area contributed by atoms with Crippen molar-refractivity contribution in [1.29, 1.82) is 0 Å². The van der Waals surface area contributed by atoms with Crippen molar-refractivity contribution < 1.29 is 0 Å². The van der Waals surface area contributed by atoms with E-state index in [1.165, 1.54) is 69.1 Å². The van der Waals surface area contributed by atoms with E-state index in [9.17, 15) is 0 Å². The van der Waals surface area contributed by atoms with Crippen LogP contribution in [0, 0.1) is 0 Å². The van der Waals surface area contributed by atoms with E-state index in [1.54, 1.807) is 0 Å². The van der Waals surface area contributed by atoms with Gasteiger partial charge in [-0.05, 0) is 25.5 Å². The number of allylic oxidation sites excluding steroid dienone is 5. The van der Waals surface area contributed by atoms with E-state index in [0.29, 0.717) is 0 Å². The first kappa shape index (κ1) is 18.8. The molecule has 0 aromatic carbocycles. The SMILES string of the molecule is C1CCCCCCCC1.CC1=C(C)NC=CC=C1.I. The highest BCUT2D eigenvalue weighted by Gasteiger charge is 1.95. The van der Waals surface area contributed by atoms with Crippen molar-refractivity contribution in [1.82, 2.24) is 5.32 Å². The Balaban J connectivity index is 0.000000324. The molecule has 0 spiro atoms. The molecule has 1 nitrogen and oxygen atoms in total. The molecule has 0 aromatic heterocycles. The van der Waals surface area contributed by atoms with Crippen molar-refractivity contribution in [2.75, 3.05) is 0 Å². The van der Waals surface area contributed by atoms with Crippen LogP contribution >= 0.6 is 24.0 Å². The van der Waals surface area contributed by atoms with Crippen LogP contribution in [-0.2, 0) is 0 Å². The maximum absolute atomic E-state index is 3.13. The minimum atomic E-state index is 0. The fourth-order valence-electron chi connectivity index (χ4n) is 2.26. The van der Waals surface area contributed by atoms with Crippen LogP contribution < -0.4 is 5.32 Å². The summed E-state index contributed by atoms with van der Waals surface area (Å²) in [5.74, 6) is 0. The third kappa shape index (κ3) is 10.2. The molecule has 0 unspecified atom stereocenters. The highest BCUT2D eigenvalue weighted by atomic mass is 127. The molecule has 0 amide bonds. The second kappa shape index (κ2) is 12.8. The van der Waals surface area contributed by atoms with Crippen LogP contribution in [0.15, 0.2) is 35.7 Å². The minimum absolute atomic E-state index is 0. The maximum atomic E-state index is 3.13. The third-order valence-corrected chi connectivity index (χ3v) is 3.69. The van der Waals surface area contributed by atoms with E-state index in [-0.39, 0.29) is 24.0 Å². The van der Waals surface area contributed by atoms with Gasteiger partial charge in [-0.1, -0.05) is 69.9 Å². The second-order valence-electron chi connectivity index (χ2n) is 5.35. The standard InChI is InChI=1S/C9H18.C8H11N.HI/c1-2-4-6-8-9-7-5-3-1;1-7-5-3-4-6-9-8(7)2;/h1-9H2;3-6,9H,1-2H3;1H. The molecule has 1 heterocycles. The van der Waals surface area contributed by atoms with Crippen LogP contribution in [-0.4, -0.2) is 0 Å². The molecule has 0 bridgehead atoms. The van der Waals surface area contributed by atoms with E-state index < -0.39 is 0 Å². The Bertz CT molecular complexity index is 274. The Morgan fingerprint density at radius 3 is 1.58 bits per heavy atom. The zero-order chi connectivity index (χ0) is 13.1. The summed E-state index contributed by atoms with van der Waals surface area (Å²) in [4.78, 5) is 0. The second-order valence-corrected chi connectivity index (χ2v) is 5.35. The zero-order valence-electron chi connectivity index (χ0n) is 12.6. The van der Waals surface area contributed by atoms with Crippen molar-refractivity contribution in [2.24, 2.45) is 0 Å². The smallest absolute Gasteiger partial charge is 0.0144 e. The maximum Gasteiger partial charge on any atom is 0.0144 e. The predicted octanol–water partition coefficient (Wildman–Crippen LogP) is 6.08. The fourth-order valence-corrected chi connectivity index (χ4v) is 2.26. The van der Waals surface area contributed by atoms with Gasteiger partial charge in [-0.25, -0.2) is 0 Å². The molecule has 1 saturated carbocycles. The fraction of sp³-hybridized carbons (Fsp3) is 0.647. The molecule has 19 heavy (non-hydrogen) atoms. The van der Waals surface area contributed by atoms with Crippen molar-refractivity contribution in [2.45, 2.75) is 71.6 Å². The van der Waals surface area contributed by atoms with Gasteiger partial charge in [0.25, 0.3) is 0 Å². The van der Waals surface area contributed by atoms with Crippen molar-refractivity contribution >= 4 is 24.0 Å². The summed E-state index contributed by atoms with van der Waals surface area (Å²) in [6.45, 7) is 4.15. The van der Waals surface area contributed by atoms with Crippen LogP contribution in [0.25, 0.3) is 0 Å². The average Bonchev–Trinajstić information content (AvgIpc) is 2.51. The van der Waals surface area contributed by atoms with E-state index in [2.05, 4.69) is 25.2 Å². The molecule has 2 rings (SSSR count). The van der Waals surface area contributed by atoms with Gasteiger partial charge in [-0.15, -0.1) is 24.0 Å². The molecule has 0 atom stereocenters. The van der Waals surface area contributed by atoms with Gasteiger partial charge in [-0.3, -0.25) is 0 Å². The number of hydrogen-bond acceptors (Lipinski definition) is 1. The van der Waals surface area contributed by atoms with Crippen LogP contribution in [0.1, 0.15) is 71.6 Å². The number of nitrogens with one attached hydrogen (secondary N) is 1. The van der Waals surface area contributed by atoms with E-state index in [4.69, 9.17) is 0 Å². The first-order valence-corrected chi connectivity index (χ1v) is 7.58. The lowest BCUT2D eigenvalue weighted by Gasteiger charge is -1.99. The highest BCUT2D eigenvalue weighted by molar-refractivity contribution is 14.0. The Labute approximate surface area is 136 Å². The Kier molecular flexibility index (Phi) is 12.6. The van der Waals surface area contributed by atoms with Crippen LogP contribution in [0.5, 0.6) is 0 Å². The van der Waals surface area contributed by atoms with Crippen molar-refractivity contribution in [3.63, 3.8) is 0 Å². The lowest BCUT2D eigenvalue weighted by atomic mass is 10.1. The monoisotopic (exact) mass is 375 g/mol. The van der Waals surface area contributed by atoms with Gasteiger partial charge in [0.15, 0.2) is 0 Å². The quantitative estimate of drug-likeness (QED) is 0.506. The number of hydrogen-bond donors (Lipinski definition) is 1. The molecule has 1 aliphatic heterocycles. The Morgan fingerprint density at radius 2 is 1.16 bits per heavy atom. The molecule has 110 valence electrons. The van der Waals surface area contributed by atoms with Gasteiger partial charge in [0.2, 0.25) is 0 Å². The minimum Gasteiger partial charge on any atom is -0.365 e. The van der Waals surface area contributed by atoms with Crippen molar-refractivity contribution in [3.8, 4) is 0 Å².